The van der Waals surface area contributed by atoms with Gasteiger partial charge in [0.2, 0.25) is 5.95 Å². The molecule has 0 bridgehead atoms. The van der Waals surface area contributed by atoms with Crippen LogP contribution in [0.4, 0.5) is 11.8 Å². The molecular formula is C25H34ClN5O3. The molecule has 1 amide bonds. The number of nitrogens with zero attached hydrogens (tertiary/aromatic N) is 4. The van der Waals surface area contributed by atoms with E-state index in [0.29, 0.717) is 65.3 Å². The Kier molecular flexibility index (Phi) is 9.74. The quantitative estimate of drug-likeness (QED) is 0.456. The molecule has 0 fully saturated rings. The average Bonchev–Trinajstić information content (AvgIpc) is 2.82. The molecule has 0 aliphatic rings. The minimum atomic E-state index is 0. The normalized spacial score (nSPS) is 10.6. The molecule has 0 saturated carbocycles. The Morgan fingerprint density at radius 3 is 2.29 bits per heavy atom. The van der Waals surface area contributed by atoms with Crippen LogP contribution in [0.15, 0.2) is 42.5 Å². The molecule has 2 aromatic carbocycles. The van der Waals surface area contributed by atoms with Crippen molar-refractivity contribution in [2.24, 2.45) is 5.92 Å². The zero-order valence-corrected chi connectivity index (χ0v) is 21.3. The van der Waals surface area contributed by atoms with Gasteiger partial charge in [-0.1, -0.05) is 32.0 Å². The SMILES string of the molecule is COc1cc2nc(N(C)CCCN(CC(C)C)C(=O)c3ccccc3)nc(N)c2cc1OC.Cl. The third kappa shape index (κ3) is 6.41. The second-order valence-electron chi connectivity index (χ2n) is 8.42. The van der Waals surface area contributed by atoms with Gasteiger partial charge in [0.25, 0.3) is 5.91 Å². The average molecular weight is 488 g/mol. The summed E-state index contributed by atoms with van der Waals surface area (Å²) in [5, 5.41) is 0.710. The number of nitrogens with two attached hydrogens (primary N) is 1. The number of fused-ring (bicyclic) bond motifs is 1. The summed E-state index contributed by atoms with van der Waals surface area (Å²) in [7, 11) is 5.09. The molecule has 34 heavy (non-hydrogen) atoms. The molecule has 8 nitrogen and oxygen atoms in total. The number of carbonyl (C=O) groups is 1. The van der Waals surface area contributed by atoms with Crippen LogP contribution in [0.2, 0.25) is 0 Å². The number of amides is 1. The van der Waals surface area contributed by atoms with Crippen LogP contribution < -0.4 is 20.1 Å². The molecule has 3 aromatic rings. The van der Waals surface area contributed by atoms with E-state index in [0.717, 1.165) is 6.42 Å². The molecule has 0 aliphatic carbocycles. The first-order chi connectivity index (χ1) is 15.8. The molecule has 1 aromatic heterocycles. The van der Waals surface area contributed by atoms with Crippen molar-refractivity contribution in [2.45, 2.75) is 20.3 Å². The lowest BCUT2D eigenvalue weighted by molar-refractivity contribution is 0.0735. The fraction of sp³-hybridized carbons (Fsp3) is 0.400. The maximum atomic E-state index is 13.0. The Hall–Kier alpha value is -3.26. The van der Waals surface area contributed by atoms with Crippen LogP contribution in [0.25, 0.3) is 10.9 Å². The van der Waals surface area contributed by atoms with Crippen LogP contribution in [0, 0.1) is 5.92 Å². The largest absolute Gasteiger partial charge is 0.493 e. The number of methoxy groups -OCH3 is 2. The predicted molar refractivity (Wildman–Crippen MR) is 139 cm³/mol. The highest BCUT2D eigenvalue weighted by Gasteiger charge is 2.18. The van der Waals surface area contributed by atoms with Crippen LogP contribution in [-0.4, -0.2) is 61.7 Å². The Bertz CT molecular complexity index is 1090. The molecule has 9 heteroatoms. The van der Waals surface area contributed by atoms with E-state index in [2.05, 4.69) is 23.8 Å². The van der Waals surface area contributed by atoms with Gasteiger partial charge in [0.1, 0.15) is 5.82 Å². The van der Waals surface area contributed by atoms with Gasteiger partial charge in [-0.2, -0.15) is 4.98 Å². The molecule has 3 rings (SSSR count). The van der Waals surface area contributed by atoms with Crippen LogP contribution in [0.1, 0.15) is 30.6 Å². The lowest BCUT2D eigenvalue weighted by Crippen LogP contribution is -2.36. The standard InChI is InChI=1S/C25H33N5O3.ClH/c1-17(2)16-30(24(31)18-10-7-6-8-11-18)13-9-12-29(3)25-27-20-15-22(33-5)21(32-4)14-19(20)23(26)28-25;/h6-8,10-11,14-15,17H,9,12-13,16H2,1-5H3,(H2,26,27,28);1H. The van der Waals surface area contributed by atoms with Crippen molar-refractivity contribution in [3.63, 3.8) is 0 Å². The van der Waals surface area contributed by atoms with Gasteiger partial charge in [-0.3, -0.25) is 4.79 Å². The van der Waals surface area contributed by atoms with E-state index in [1.165, 1.54) is 0 Å². The van der Waals surface area contributed by atoms with Gasteiger partial charge < -0.3 is 25.0 Å². The lowest BCUT2D eigenvalue weighted by atomic mass is 10.1. The van der Waals surface area contributed by atoms with Crippen LogP contribution in [-0.2, 0) is 0 Å². The van der Waals surface area contributed by atoms with E-state index in [1.54, 1.807) is 26.4 Å². The highest BCUT2D eigenvalue weighted by Crippen LogP contribution is 2.34. The van der Waals surface area contributed by atoms with Gasteiger partial charge in [-0.25, -0.2) is 4.98 Å². The zero-order valence-electron chi connectivity index (χ0n) is 20.4. The molecule has 184 valence electrons. The third-order valence-electron chi connectivity index (χ3n) is 5.38. The number of rotatable bonds is 10. The van der Waals surface area contributed by atoms with Crippen LogP contribution in [0.3, 0.4) is 0 Å². The lowest BCUT2D eigenvalue weighted by Gasteiger charge is -2.26. The smallest absolute Gasteiger partial charge is 0.253 e. The molecule has 0 spiro atoms. The summed E-state index contributed by atoms with van der Waals surface area (Å²) in [6, 6.07) is 13.0. The number of halogens is 1. The van der Waals surface area contributed by atoms with Crippen molar-refractivity contribution >= 4 is 41.0 Å². The summed E-state index contributed by atoms with van der Waals surface area (Å²) in [6.07, 6.45) is 0.773. The second-order valence-corrected chi connectivity index (χ2v) is 8.42. The minimum absolute atomic E-state index is 0. The predicted octanol–water partition coefficient (Wildman–Crippen LogP) is 4.28. The Labute approximate surface area is 207 Å². The number of benzene rings is 2. The van der Waals surface area contributed by atoms with Crippen molar-refractivity contribution in [1.82, 2.24) is 14.9 Å². The topological polar surface area (TPSA) is 93.8 Å². The van der Waals surface area contributed by atoms with Crippen LogP contribution in [0.5, 0.6) is 11.5 Å². The molecule has 0 saturated heterocycles. The van der Waals surface area contributed by atoms with E-state index >= 15 is 0 Å². The molecular weight excluding hydrogens is 454 g/mol. The molecule has 1 heterocycles. The van der Waals surface area contributed by atoms with Crippen molar-refractivity contribution in [2.75, 3.05) is 51.5 Å². The number of ether oxygens (including phenoxy) is 2. The summed E-state index contributed by atoms with van der Waals surface area (Å²) in [5.74, 6) is 2.50. The maximum absolute atomic E-state index is 13.0. The first-order valence-electron chi connectivity index (χ1n) is 11.1. The molecule has 0 radical (unpaired) electrons. The monoisotopic (exact) mass is 487 g/mol. The zero-order chi connectivity index (χ0) is 24.0. The van der Waals surface area contributed by atoms with E-state index < -0.39 is 0 Å². The van der Waals surface area contributed by atoms with E-state index in [4.69, 9.17) is 15.2 Å². The van der Waals surface area contributed by atoms with Crippen molar-refractivity contribution in [1.29, 1.82) is 0 Å². The van der Waals surface area contributed by atoms with Crippen molar-refractivity contribution in [3.05, 3.63) is 48.0 Å². The summed E-state index contributed by atoms with van der Waals surface area (Å²) in [5.41, 5.74) is 7.61. The summed E-state index contributed by atoms with van der Waals surface area (Å²) in [4.78, 5) is 26.0. The van der Waals surface area contributed by atoms with E-state index in [9.17, 15) is 4.79 Å². The van der Waals surface area contributed by atoms with E-state index in [-0.39, 0.29) is 18.3 Å². The molecule has 2 N–H and O–H groups in total. The highest BCUT2D eigenvalue weighted by molar-refractivity contribution is 5.94. The highest BCUT2D eigenvalue weighted by atomic mass is 35.5. The minimum Gasteiger partial charge on any atom is -0.493 e. The molecule has 0 atom stereocenters. The fourth-order valence-electron chi connectivity index (χ4n) is 3.72. The first kappa shape index (κ1) is 27.0. The number of nitrogen functional groups attached to an aromatic ring is 1. The number of carbonyl (C=O) groups excluding carboxylic acids is 1. The van der Waals surface area contributed by atoms with Gasteiger partial charge in [0.15, 0.2) is 11.5 Å². The van der Waals surface area contributed by atoms with Gasteiger partial charge in [0.05, 0.1) is 19.7 Å². The Morgan fingerprint density at radius 2 is 1.68 bits per heavy atom. The third-order valence-corrected chi connectivity index (χ3v) is 5.38. The van der Waals surface area contributed by atoms with Gasteiger partial charge in [-0.15, -0.1) is 12.4 Å². The van der Waals surface area contributed by atoms with Crippen LogP contribution >= 0.6 is 12.4 Å². The number of anilines is 2. The second kappa shape index (κ2) is 12.3. The molecule has 0 unspecified atom stereocenters. The van der Waals surface area contributed by atoms with Crippen molar-refractivity contribution < 1.29 is 14.3 Å². The van der Waals surface area contributed by atoms with Crippen molar-refractivity contribution in [3.8, 4) is 11.5 Å². The Balaban J connectivity index is 0.00000408. The number of hydrogen-bond acceptors (Lipinski definition) is 7. The van der Waals surface area contributed by atoms with E-state index in [1.807, 2.05) is 47.2 Å². The molecule has 0 aliphatic heterocycles. The van der Waals surface area contributed by atoms with Gasteiger partial charge in [0, 0.05) is 43.7 Å². The first-order valence-corrected chi connectivity index (χ1v) is 11.1. The maximum Gasteiger partial charge on any atom is 0.253 e. The summed E-state index contributed by atoms with van der Waals surface area (Å²) >= 11 is 0. The fourth-order valence-corrected chi connectivity index (χ4v) is 3.72. The number of hydrogen-bond donors (Lipinski definition) is 1. The number of aromatic nitrogens is 2. The van der Waals surface area contributed by atoms with Gasteiger partial charge in [-0.05, 0) is 30.5 Å². The summed E-state index contributed by atoms with van der Waals surface area (Å²) < 4.78 is 10.7. The Morgan fingerprint density at radius 1 is 1.03 bits per heavy atom. The summed E-state index contributed by atoms with van der Waals surface area (Å²) in [6.45, 7) is 6.26. The van der Waals surface area contributed by atoms with Gasteiger partial charge >= 0.3 is 0 Å².